The number of hydrogen-bond donors (Lipinski definition) is 1. The van der Waals surface area contributed by atoms with E-state index in [0.29, 0.717) is 5.76 Å². The van der Waals surface area contributed by atoms with Crippen LogP contribution in [0.2, 0.25) is 0 Å². The normalized spacial score (nSPS) is 9.70. The van der Waals surface area contributed by atoms with Crippen LogP contribution < -0.4 is 0 Å². The first-order chi connectivity index (χ1) is 4.81. The summed E-state index contributed by atoms with van der Waals surface area (Å²) in [7, 11) is 0. The quantitative estimate of drug-likeness (QED) is 0.472. The van der Waals surface area contributed by atoms with Crippen LogP contribution in [-0.4, -0.2) is 5.11 Å². The van der Waals surface area contributed by atoms with Gasteiger partial charge in [0.15, 0.2) is 0 Å². The van der Waals surface area contributed by atoms with Gasteiger partial charge in [0.2, 0.25) is 0 Å². The Labute approximate surface area is 64.1 Å². The van der Waals surface area contributed by atoms with Crippen molar-refractivity contribution < 1.29 is 5.11 Å². The molecule has 0 bridgehead atoms. The molecule has 0 unspecified atom stereocenters. The van der Waals surface area contributed by atoms with Gasteiger partial charge in [0.1, 0.15) is 0 Å². The van der Waals surface area contributed by atoms with Crippen molar-refractivity contribution in [1.29, 1.82) is 0 Å². The number of allylic oxidation sites excluding steroid dienone is 3. The molecule has 0 aliphatic rings. The van der Waals surface area contributed by atoms with Crippen LogP contribution in [0.3, 0.4) is 0 Å². The zero-order valence-corrected chi connectivity index (χ0v) is 7.22. The molecule has 0 saturated heterocycles. The maximum atomic E-state index is 8.80. The van der Waals surface area contributed by atoms with E-state index in [1.807, 2.05) is 20.8 Å². The average molecular weight is 142 g/mol. The van der Waals surface area contributed by atoms with Crippen molar-refractivity contribution in [2.75, 3.05) is 0 Å². The van der Waals surface area contributed by atoms with Crippen LogP contribution in [0, 0.1) is 0 Å². The van der Waals surface area contributed by atoms with E-state index in [-0.39, 0.29) is 0 Å². The molecule has 0 heterocycles. The fraction of sp³-hybridized carbons (Fsp3) is 0.556. The smallest absolute Gasteiger partial charge is 0.0883 e. The fourth-order valence-electron chi connectivity index (χ4n) is 0.394. The Hall–Kier alpha value is -0.720. The van der Waals surface area contributed by atoms with Gasteiger partial charge in [0.25, 0.3) is 0 Å². The second-order valence-corrected chi connectivity index (χ2v) is 1.61. The van der Waals surface area contributed by atoms with Crippen LogP contribution in [0.5, 0.6) is 0 Å². The molecule has 0 atom stereocenters. The van der Waals surface area contributed by atoms with Gasteiger partial charge in [-0.05, 0) is 19.4 Å². The molecule has 0 radical (unpaired) electrons. The van der Waals surface area contributed by atoms with Crippen molar-refractivity contribution in [2.45, 2.75) is 33.6 Å². The largest absolute Gasteiger partial charge is 0.513 e. The van der Waals surface area contributed by atoms with E-state index in [1.54, 1.807) is 12.2 Å². The van der Waals surface area contributed by atoms with Gasteiger partial charge in [-0.25, -0.2) is 0 Å². The third kappa shape index (κ3) is 10.3. The first-order valence-electron chi connectivity index (χ1n) is 3.76. The van der Waals surface area contributed by atoms with E-state index in [9.17, 15) is 0 Å². The van der Waals surface area contributed by atoms with Gasteiger partial charge >= 0.3 is 0 Å². The van der Waals surface area contributed by atoms with Crippen LogP contribution >= 0.6 is 0 Å². The second kappa shape index (κ2) is 11.1. The monoisotopic (exact) mass is 142 g/mol. The van der Waals surface area contributed by atoms with Crippen molar-refractivity contribution in [3.63, 3.8) is 0 Å². The van der Waals surface area contributed by atoms with Crippen LogP contribution in [0.25, 0.3) is 0 Å². The lowest BCUT2D eigenvalue weighted by Crippen LogP contribution is -1.76. The first-order valence-corrected chi connectivity index (χ1v) is 3.76. The van der Waals surface area contributed by atoms with Crippen molar-refractivity contribution in [3.05, 3.63) is 24.5 Å². The summed E-state index contributed by atoms with van der Waals surface area (Å²) in [4.78, 5) is 0. The van der Waals surface area contributed by atoms with Crippen molar-refractivity contribution in [2.24, 2.45) is 0 Å². The third-order valence-electron chi connectivity index (χ3n) is 0.938. The number of aliphatic hydroxyl groups is 1. The zero-order valence-electron chi connectivity index (χ0n) is 7.22. The summed E-state index contributed by atoms with van der Waals surface area (Å²) in [5.41, 5.74) is 0. The van der Waals surface area contributed by atoms with Crippen molar-refractivity contribution >= 4 is 0 Å². The van der Waals surface area contributed by atoms with E-state index in [4.69, 9.17) is 5.11 Å². The van der Waals surface area contributed by atoms with Crippen molar-refractivity contribution in [1.82, 2.24) is 0 Å². The summed E-state index contributed by atoms with van der Waals surface area (Å²) < 4.78 is 0. The molecule has 1 heteroatoms. The highest BCUT2D eigenvalue weighted by molar-refractivity contribution is 4.89. The lowest BCUT2D eigenvalue weighted by molar-refractivity contribution is 0.388. The molecule has 1 N–H and O–H groups in total. The number of hydrogen-bond acceptors (Lipinski definition) is 1. The van der Waals surface area contributed by atoms with Crippen molar-refractivity contribution in [3.8, 4) is 0 Å². The Morgan fingerprint density at radius 2 is 2.00 bits per heavy atom. The molecule has 10 heavy (non-hydrogen) atoms. The third-order valence-corrected chi connectivity index (χ3v) is 0.938. The average Bonchev–Trinajstić information content (AvgIpc) is 2.04. The Bertz CT molecular complexity index is 92.9. The van der Waals surface area contributed by atoms with Gasteiger partial charge < -0.3 is 5.11 Å². The Balaban J connectivity index is 0. The van der Waals surface area contributed by atoms with Gasteiger partial charge in [0.05, 0.1) is 5.76 Å². The number of aliphatic hydroxyl groups excluding tert-OH is 1. The fourth-order valence-corrected chi connectivity index (χ4v) is 0.394. The summed E-state index contributed by atoms with van der Waals surface area (Å²) in [6, 6.07) is 0. The maximum Gasteiger partial charge on any atom is 0.0883 e. The predicted molar refractivity (Wildman–Crippen MR) is 47.2 cm³/mol. The first kappa shape index (κ1) is 12.0. The molecule has 0 rings (SSSR count). The molecule has 0 aliphatic carbocycles. The lowest BCUT2D eigenvalue weighted by atomic mass is 10.2. The van der Waals surface area contributed by atoms with Crippen LogP contribution in [0.1, 0.15) is 33.6 Å². The van der Waals surface area contributed by atoms with Crippen LogP contribution in [0.4, 0.5) is 0 Å². The highest BCUT2D eigenvalue weighted by Gasteiger charge is 1.84. The summed E-state index contributed by atoms with van der Waals surface area (Å²) in [6.07, 6.45) is 5.07. The Morgan fingerprint density at radius 3 is 2.30 bits per heavy atom. The molecular weight excluding hydrogens is 124 g/mol. The van der Waals surface area contributed by atoms with E-state index in [0.717, 1.165) is 12.8 Å². The molecule has 0 aromatic heterocycles. The molecule has 0 aromatic rings. The SMILES string of the molecule is C=CCC/C(O)=C\C.CC. The summed E-state index contributed by atoms with van der Waals surface area (Å²) in [5, 5.41) is 8.80. The number of rotatable bonds is 3. The molecule has 60 valence electrons. The molecule has 0 amide bonds. The summed E-state index contributed by atoms with van der Waals surface area (Å²) in [5.74, 6) is 0.449. The van der Waals surface area contributed by atoms with E-state index in [1.165, 1.54) is 0 Å². The summed E-state index contributed by atoms with van der Waals surface area (Å²) in [6.45, 7) is 9.35. The highest BCUT2D eigenvalue weighted by atomic mass is 16.3. The van der Waals surface area contributed by atoms with Gasteiger partial charge in [0, 0.05) is 6.42 Å². The van der Waals surface area contributed by atoms with Gasteiger partial charge in [-0.15, -0.1) is 6.58 Å². The van der Waals surface area contributed by atoms with Crippen LogP contribution in [0.15, 0.2) is 24.5 Å². The minimum Gasteiger partial charge on any atom is -0.513 e. The predicted octanol–water partition coefficient (Wildman–Crippen LogP) is 3.44. The minimum atomic E-state index is 0.449. The summed E-state index contributed by atoms with van der Waals surface area (Å²) >= 11 is 0. The molecule has 0 saturated carbocycles. The second-order valence-electron chi connectivity index (χ2n) is 1.61. The van der Waals surface area contributed by atoms with Gasteiger partial charge in [-0.1, -0.05) is 19.9 Å². The Morgan fingerprint density at radius 1 is 1.50 bits per heavy atom. The van der Waals surface area contributed by atoms with E-state index in [2.05, 4.69) is 6.58 Å². The lowest BCUT2D eigenvalue weighted by Gasteiger charge is -1.91. The van der Waals surface area contributed by atoms with Gasteiger partial charge in [-0.2, -0.15) is 0 Å². The zero-order chi connectivity index (χ0) is 8.41. The van der Waals surface area contributed by atoms with Crippen LogP contribution in [-0.2, 0) is 0 Å². The topological polar surface area (TPSA) is 20.2 Å². The molecule has 1 nitrogen and oxygen atoms in total. The Kier molecular flexibility index (Phi) is 13.4. The molecule has 0 aliphatic heterocycles. The highest BCUT2D eigenvalue weighted by Crippen LogP contribution is 1.99. The molecular formula is C9H18O. The molecule has 0 aromatic carbocycles. The standard InChI is InChI=1S/C7H12O.C2H6/c1-3-5-6-7(8)4-2;1-2/h3-4,8H,1,5-6H2,2H3;1-2H3/b7-4+;. The van der Waals surface area contributed by atoms with E-state index >= 15 is 0 Å². The maximum absolute atomic E-state index is 8.80. The molecule has 0 spiro atoms. The van der Waals surface area contributed by atoms with E-state index < -0.39 is 0 Å². The molecule has 0 fully saturated rings. The minimum absolute atomic E-state index is 0.449. The van der Waals surface area contributed by atoms with Gasteiger partial charge in [-0.3, -0.25) is 0 Å².